The normalized spacial score (nSPS) is 13.3. The highest BCUT2D eigenvalue weighted by Crippen LogP contribution is 2.21. The third-order valence-electron chi connectivity index (χ3n) is 2.86. The standard InChI is InChI=1S/C11H13N5.ClH/c1-7-9-4-12-5-10(9)15-11(14-7)8-3-13-16(2)6-8;/h3,6,12H,4-5H2,1-2H3;1H. The summed E-state index contributed by atoms with van der Waals surface area (Å²) in [5, 5.41) is 7.43. The van der Waals surface area contributed by atoms with Crippen LogP contribution in [-0.2, 0) is 20.1 Å². The van der Waals surface area contributed by atoms with E-state index < -0.39 is 0 Å². The lowest BCUT2D eigenvalue weighted by molar-refractivity contribution is 0.757. The van der Waals surface area contributed by atoms with Crippen molar-refractivity contribution in [1.29, 1.82) is 0 Å². The average Bonchev–Trinajstić information content (AvgIpc) is 2.85. The lowest BCUT2D eigenvalue weighted by Crippen LogP contribution is -2.00. The molecule has 0 fully saturated rings. The van der Waals surface area contributed by atoms with Crippen LogP contribution in [0.5, 0.6) is 0 Å². The van der Waals surface area contributed by atoms with E-state index in [1.807, 2.05) is 20.2 Å². The predicted molar refractivity (Wildman–Crippen MR) is 66.8 cm³/mol. The first-order valence-corrected chi connectivity index (χ1v) is 5.30. The smallest absolute Gasteiger partial charge is 0.162 e. The molecule has 0 atom stereocenters. The van der Waals surface area contributed by atoms with Crippen LogP contribution in [0.25, 0.3) is 11.4 Å². The van der Waals surface area contributed by atoms with Gasteiger partial charge in [0, 0.05) is 37.6 Å². The second-order valence-corrected chi connectivity index (χ2v) is 4.06. The van der Waals surface area contributed by atoms with Crippen LogP contribution in [0.4, 0.5) is 0 Å². The van der Waals surface area contributed by atoms with Gasteiger partial charge in [0.25, 0.3) is 0 Å². The van der Waals surface area contributed by atoms with E-state index in [4.69, 9.17) is 0 Å². The molecule has 0 radical (unpaired) electrons. The summed E-state index contributed by atoms with van der Waals surface area (Å²) in [4.78, 5) is 9.09. The van der Waals surface area contributed by atoms with E-state index in [2.05, 4.69) is 20.4 Å². The van der Waals surface area contributed by atoms with Crippen molar-refractivity contribution in [2.24, 2.45) is 7.05 Å². The minimum absolute atomic E-state index is 0. The van der Waals surface area contributed by atoms with E-state index in [1.54, 1.807) is 10.9 Å². The second kappa shape index (κ2) is 4.43. The third-order valence-corrected chi connectivity index (χ3v) is 2.86. The molecule has 1 aliphatic heterocycles. The van der Waals surface area contributed by atoms with Gasteiger partial charge in [-0.25, -0.2) is 9.97 Å². The summed E-state index contributed by atoms with van der Waals surface area (Å²) in [5.74, 6) is 0.771. The molecule has 0 saturated heterocycles. The van der Waals surface area contributed by atoms with Gasteiger partial charge in [-0.05, 0) is 6.92 Å². The summed E-state index contributed by atoms with van der Waals surface area (Å²) in [6.07, 6.45) is 3.73. The Bertz CT molecular complexity index is 549. The Kier molecular flexibility index (Phi) is 3.13. The highest BCUT2D eigenvalue weighted by Gasteiger charge is 2.17. The molecule has 6 heteroatoms. The molecule has 17 heavy (non-hydrogen) atoms. The number of hydrogen-bond acceptors (Lipinski definition) is 4. The molecule has 5 nitrogen and oxygen atoms in total. The minimum Gasteiger partial charge on any atom is -0.307 e. The van der Waals surface area contributed by atoms with E-state index in [1.165, 1.54) is 5.56 Å². The fourth-order valence-corrected chi connectivity index (χ4v) is 2.00. The van der Waals surface area contributed by atoms with Crippen molar-refractivity contribution in [2.75, 3.05) is 0 Å². The zero-order valence-electron chi connectivity index (χ0n) is 9.77. The van der Waals surface area contributed by atoms with Gasteiger partial charge in [0.2, 0.25) is 0 Å². The van der Waals surface area contributed by atoms with Crippen LogP contribution in [0, 0.1) is 6.92 Å². The van der Waals surface area contributed by atoms with Gasteiger partial charge in [0.05, 0.1) is 17.5 Å². The summed E-state index contributed by atoms with van der Waals surface area (Å²) in [6.45, 7) is 3.76. The van der Waals surface area contributed by atoms with E-state index >= 15 is 0 Å². The Balaban J connectivity index is 0.00000108. The summed E-state index contributed by atoms with van der Waals surface area (Å²) in [7, 11) is 1.89. The first-order chi connectivity index (χ1) is 7.74. The molecule has 2 aromatic rings. The van der Waals surface area contributed by atoms with E-state index in [9.17, 15) is 0 Å². The lowest BCUT2D eigenvalue weighted by atomic mass is 10.2. The highest BCUT2D eigenvalue weighted by molar-refractivity contribution is 5.85. The van der Waals surface area contributed by atoms with E-state index in [0.717, 1.165) is 35.9 Å². The molecule has 0 amide bonds. The Morgan fingerprint density at radius 1 is 1.29 bits per heavy atom. The number of fused-ring (bicyclic) bond motifs is 1. The van der Waals surface area contributed by atoms with Crippen LogP contribution in [-0.4, -0.2) is 19.7 Å². The van der Waals surface area contributed by atoms with Crippen molar-refractivity contribution < 1.29 is 0 Å². The molecule has 1 aliphatic rings. The van der Waals surface area contributed by atoms with Crippen LogP contribution in [0.2, 0.25) is 0 Å². The molecule has 2 aromatic heterocycles. The molecule has 0 bridgehead atoms. The van der Waals surface area contributed by atoms with Crippen molar-refractivity contribution in [1.82, 2.24) is 25.1 Å². The number of aromatic nitrogens is 4. The number of hydrogen-bond donors (Lipinski definition) is 1. The van der Waals surface area contributed by atoms with Crippen LogP contribution in [0.3, 0.4) is 0 Å². The number of nitrogens with zero attached hydrogens (tertiary/aromatic N) is 4. The molecule has 0 aliphatic carbocycles. The maximum atomic E-state index is 4.57. The minimum atomic E-state index is 0. The molecule has 0 aromatic carbocycles. The summed E-state index contributed by atoms with van der Waals surface area (Å²) >= 11 is 0. The zero-order chi connectivity index (χ0) is 11.1. The maximum absolute atomic E-state index is 4.57. The molecule has 0 spiro atoms. The highest BCUT2D eigenvalue weighted by atomic mass is 35.5. The molecule has 3 heterocycles. The van der Waals surface area contributed by atoms with Crippen molar-refractivity contribution >= 4 is 12.4 Å². The Hall–Kier alpha value is -1.46. The van der Waals surface area contributed by atoms with Gasteiger partial charge in [-0.1, -0.05) is 0 Å². The van der Waals surface area contributed by atoms with Crippen molar-refractivity contribution in [2.45, 2.75) is 20.0 Å². The van der Waals surface area contributed by atoms with Gasteiger partial charge < -0.3 is 5.32 Å². The van der Waals surface area contributed by atoms with Crippen LogP contribution >= 0.6 is 12.4 Å². The van der Waals surface area contributed by atoms with Gasteiger partial charge in [-0.2, -0.15) is 5.10 Å². The fraction of sp³-hybridized carbons (Fsp3) is 0.364. The summed E-state index contributed by atoms with van der Waals surface area (Å²) in [5.41, 5.74) is 4.40. The summed E-state index contributed by atoms with van der Waals surface area (Å²) < 4.78 is 1.76. The number of aryl methyl sites for hydroxylation is 2. The molecular formula is C11H14ClN5. The Morgan fingerprint density at radius 2 is 2.12 bits per heavy atom. The predicted octanol–water partition coefficient (Wildman–Crippen LogP) is 1.21. The van der Waals surface area contributed by atoms with Crippen molar-refractivity contribution in [3.05, 3.63) is 29.3 Å². The largest absolute Gasteiger partial charge is 0.307 e. The van der Waals surface area contributed by atoms with Gasteiger partial charge in [0.1, 0.15) is 0 Å². The van der Waals surface area contributed by atoms with Crippen molar-refractivity contribution in [3.8, 4) is 11.4 Å². The van der Waals surface area contributed by atoms with Gasteiger partial charge in [0.15, 0.2) is 5.82 Å². The van der Waals surface area contributed by atoms with E-state index in [0.29, 0.717) is 0 Å². The fourth-order valence-electron chi connectivity index (χ4n) is 2.00. The van der Waals surface area contributed by atoms with Crippen molar-refractivity contribution in [3.63, 3.8) is 0 Å². The number of rotatable bonds is 1. The van der Waals surface area contributed by atoms with Gasteiger partial charge in [-0.15, -0.1) is 12.4 Å². The molecule has 0 saturated carbocycles. The SMILES string of the molecule is Cc1nc(-c2cnn(C)c2)nc2c1CNC2.Cl. The Labute approximate surface area is 106 Å². The van der Waals surface area contributed by atoms with Gasteiger partial charge >= 0.3 is 0 Å². The quantitative estimate of drug-likeness (QED) is 0.828. The molecule has 3 rings (SSSR count). The second-order valence-electron chi connectivity index (χ2n) is 4.06. The monoisotopic (exact) mass is 251 g/mol. The topological polar surface area (TPSA) is 55.6 Å². The molecule has 0 unspecified atom stereocenters. The molecule has 90 valence electrons. The van der Waals surface area contributed by atoms with E-state index in [-0.39, 0.29) is 12.4 Å². The van der Waals surface area contributed by atoms with Crippen LogP contribution in [0.15, 0.2) is 12.4 Å². The molecule has 1 N–H and O–H groups in total. The van der Waals surface area contributed by atoms with Crippen LogP contribution in [0.1, 0.15) is 17.0 Å². The zero-order valence-corrected chi connectivity index (χ0v) is 10.6. The first-order valence-electron chi connectivity index (χ1n) is 5.30. The lowest BCUT2D eigenvalue weighted by Gasteiger charge is -2.04. The number of halogens is 1. The number of nitrogens with one attached hydrogen (secondary N) is 1. The molecular weight excluding hydrogens is 238 g/mol. The average molecular weight is 252 g/mol. The third kappa shape index (κ3) is 2.03. The first kappa shape index (κ1) is 12.0. The van der Waals surface area contributed by atoms with Crippen LogP contribution < -0.4 is 5.32 Å². The summed E-state index contributed by atoms with van der Waals surface area (Å²) in [6, 6.07) is 0. The van der Waals surface area contributed by atoms with Gasteiger partial charge in [-0.3, -0.25) is 4.68 Å². The Morgan fingerprint density at radius 3 is 2.82 bits per heavy atom. The maximum Gasteiger partial charge on any atom is 0.162 e.